The lowest BCUT2D eigenvalue weighted by atomic mass is 9.92. The van der Waals surface area contributed by atoms with Crippen molar-refractivity contribution in [2.45, 2.75) is 46.5 Å². The van der Waals surface area contributed by atoms with Crippen molar-refractivity contribution >= 4 is 17.3 Å². The Balaban J connectivity index is 1.97. The largest absolute Gasteiger partial charge is 0.378 e. The molecule has 1 N–H and O–H groups in total. The number of aromatic nitrogens is 2. The average molecular weight is 354 g/mol. The molecule has 1 fully saturated rings. The van der Waals surface area contributed by atoms with E-state index in [4.69, 9.17) is 4.74 Å². The van der Waals surface area contributed by atoms with E-state index in [0.29, 0.717) is 11.8 Å². The number of rotatable bonds is 5. The summed E-state index contributed by atoms with van der Waals surface area (Å²) in [6.07, 6.45) is 0. The predicted molar refractivity (Wildman–Crippen MR) is 108 cm³/mol. The summed E-state index contributed by atoms with van der Waals surface area (Å²) in [7, 11) is 0. The third-order valence-corrected chi connectivity index (χ3v) is 4.79. The van der Waals surface area contributed by atoms with Gasteiger partial charge in [0.05, 0.1) is 13.2 Å². The van der Waals surface area contributed by atoms with Crippen molar-refractivity contribution in [3.05, 3.63) is 41.2 Å². The molecular formula is C21H30N4O. The van der Waals surface area contributed by atoms with E-state index in [1.807, 2.05) is 6.92 Å². The van der Waals surface area contributed by atoms with E-state index in [0.717, 1.165) is 43.8 Å². The van der Waals surface area contributed by atoms with Crippen LogP contribution in [0.25, 0.3) is 0 Å². The van der Waals surface area contributed by atoms with Gasteiger partial charge in [0.1, 0.15) is 17.5 Å². The van der Waals surface area contributed by atoms with Crippen molar-refractivity contribution in [2.24, 2.45) is 0 Å². The van der Waals surface area contributed by atoms with Gasteiger partial charge in [0, 0.05) is 24.8 Å². The number of ether oxygens (including phenoxy) is 1. The highest BCUT2D eigenvalue weighted by atomic mass is 16.5. The number of nitrogens with zero attached hydrogens (tertiary/aromatic N) is 3. The Morgan fingerprint density at radius 2 is 1.62 bits per heavy atom. The van der Waals surface area contributed by atoms with Gasteiger partial charge in [-0.3, -0.25) is 0 Å². The average Bonchev–Trinajstić information content (AvgIpc) is 2.61. The minimum Gasteiger partial charge on any atom is -0.378 e. The van der Waals surface area contributed by atoms with Crippen LogP contribution in [-0.2, 0) is 4.74 Å². The minimum absolute atomic E-state index is 0.442. The Labute approximate surface area is 156 Å². The fourth-order valence-electron chi connectivity index (χ4n) is 3.39. The zero-order valence-corrected chi connectivity index (χ0v) is 16.5. The minimum atomic E-state index is 0.442. The van der Waals surface area contributed by atoms with Gasteiger partial charge in [0.15, 0.2) is 0 Å². The van der Waals surface area contributed by atoms with Gasteiger partial charge in [-0.2, -0.15) is 0 Å². The second kappa shape index (κ2) is 8.04. The molecule has 0 unspecified atom stereocenters. The summed E-state index contributed by atoms with van der Waals surface area (Å²) in [5.41, 5.74) is 3.82. The maximum atomic E-state index is 5.46. The molecule has 140 valence electrons. The molecule has 3 rings (SSSR count). The smallest absolute Gasteiger partial charge is 0.136 e. The lowest BCUT2D eigenvalue weighted by Gasteiger charge is -2.28. The van der Waals surface area contributed by atoms with Gasteiger partial charge in [-0.15, -0.1) is 0 Å². The van der Waals surface area contributed by atoms with E-state index in [1.165, 1.54) is 16.8 Å². The first-order valence-electron chi connectivity index (χ1n) is 9.54. The van der Waals surface area contributed by atoms with E-state index < -0.39 is 0 Å². The lowest BCUT2D eigenvalue weighted by molar-refractivity contribution is 0.122. The summed E-state index contributed by atoms with van der Waals surface area (Å²) in [5, 5.41) is 3.62. The maximum absolute atomic E-state index is 5.46. The number of para-hydroxylation sites is 1. The van der Waals surface area contributed by atoms with Crippen LogP contribution in [0.4, 0.5) is 17.3 Å². The number of aryl methyl sites for hydroxylation is 1. The first kappa shape index (κ1) is 18.6. The van der Waals surface area contributed by atoms with Crippen LogP contribution in [-0.4, -0.2) is 36.3 Å². The molecule has 0 saturated carbocycles. The highest BCUT2D eigenvalue weighted by Gasteiger charge is 2.17. The first-order chi connectivity index (χ1) is 12.5. The molecule has 0 spiro atoms. The second-order valence-electron chi connectivity index (χ2n) is 7.50. The van der Waals surface area contributed by atoms with Gasteiger partial charge in [-0.05, 0) is 29.9 Å². The number of hydrogen-bond donors (Lipinski definition) is 1. The highest BCUT2D eigenvalue weighted by Crippen LogP contribution is 2.34. The lowest BCUT2D eigenvalue weighted by Crippen LogP contribution is -2.36. The molecule has 1 saturated heterocycles. The normalized spacial score (nSPS) is 15.0. The Bertz CT molecular complexity index is 725. The molecule has 5 heteroatoms. The van der Waals surface area contributed by atoms with Crippen LogP contribution < -0.4 is 10.2 Å². The molecule has 1 aliphatic rings. The molecular weight excluding hydrogens is 324 g/mol. The molecule has 0 radical (unpaired) electrons. The molecule has 2 heterocycles. The molecule has 0 bridgehead atoms. The summed E-state index contributed by atoms with van der Waals surface area (Å²) in [4.78, 5) is 11.5. The van der Waals surface area contributed by atoms with Crippen molar-refractivity contribution in [1.82, 2.24) is 9.97 Å². The van der Waals surface area contributed by atoms with Crippen molar-refractivity contribution in [3.63, 3.8) is 0 Å². The fourth-order valence-corrected chi connectivity index (χ4v) is 3.39. The van der Waals surface area contributed by atoms with Gasteiger partial charge in [-0.1, -0.05) is 45.9 Å². The third-order valence-electron chi connectivity index (χ3n) is 4.79. The molecule has 0 amide bonds. The molecule has 5 nitrogen and oxygen atoms in total. The standard InChI is InChI=1S/C21H30N4O/c1-14(2)17-7-6-8-18(15(3)4)21(17)24-19-13-20(23-16(5)22-19)25-9-11-26-12-10-25/h6-8,13-15H,9-12H2,1-5H3,(H,22,23,24). The summed E-state index contributed by atoms with van der Waals surface area (Å²) in [6, 6.07) is 8.62. The zero-order valence-electron chi connectivity index (χ0n) is 16.5. The molecule has 0 aliphatic carbocycles. The highest BCUT2D eigenvalue weighted by molar-refractivity contribution is 5.68. The Hall–Kier alpha value is -2.14. The van der Waals surface area contributed by atoms with E-state index in [1.54, 1.807) is 0 Å². The fraction of sp³-hybridized carbons (Fsp3) is 0.524. The Kier molecular flexibility index (Phi) is 5.77. The number of hydrogen-bond acceptors (Lipinski definition) is 5. The summed E-state index contributed by atoms with van der Waals surface area (Å²) >= 11 is 0. The third kappa shape index (κ3) is 4.15. The van der Waals surface area contributed by atoms with Crippen molar-refractivity contribution < 1.29 is 4.74 Å². The topological polar surface area (TPSA) is 50.3 Å². The van der Waals surface area contributed by atoms with Crippen LogP contribution in [0.5, 0.6) is 0 Å². The molecule has 1 aromatic carbocycles. The van der Waals surface area contributed by atoms with Gasteiger partial charge >= 0.3 is 0 Å². The molecule has 1 aromatic heterocycles. The SMILES string of the molecule is Cc1nc(Nc2c(C(C)C)cccc2C(C)C)cc(N2CCOCC2)n1. The van der Waals surface area contributed by atoms with E-state index in [-0.39, 0.29) is 0 Å². The van der Waals surface area contributed by atoms with Crippen LogP contribution in [0.3, 0.4) is 0 Å². The van der Waals surface area contributed by atoms with E-state index in [9.17, 15) is 0 Å². The second-order valence-corrected chi connectivity index (χ2v) is 7.50. The first-order valence-corrected chi connectivity index (χ1v) is 9.54. The van der Waals surface area contributed by atoms with Gasteiger partial charge in [-0.25, -0.2) is 9.97 Å². The van der Waals surface area contributed by atoms with E-state index in [2.05, 4.69) is 72.1 Å². The summed E-state index contributed by atoms with van der Waals surface area (Å²) in [5.74, 6) is 3.49. The molecule has 0 atom stereocenters. The van der Waals surface area contributed by atoms with Crippen LogP contribution in [0.15, 0.2) is 24.3 Å². The van der Waals surface area contributed by atoms with Crippen molar-refractivity contribution in [1.29, 1.82) is 0 Å². The number of anilines is 3. The Morgan fingerprint density at radius 1 is 1.00 bits per heavy atom. The summed E-state index contributed by atoms with van der Waals surface area (Å²) in [6.45, 7) is 14.1. The number of benzene rings is 1. The van der Waals surface area contributed by atoms with Gasteiger partial charge in [0.25, 0.3) is 0 Å². The van der Waals surface area contributed by atoms with Crippen LogP contribution in [0, 0.1) is 6.92 Å². The summed E-state index contributed by atoms with van der Waals surface area (Å²) < 4.78 is 5.46. The zero-order chi connectivity index (χ0) is 18.7. The number of nitrogens with one attached hydrogen (secondary N) is 1. The maximum Gasteiger partial charge on any atom is 0.136 e. The quantitative estimate of drug-likeness (QED) is 0.849. The van der Waals surface area contributed by atoms with E-state index >= 15 is 0 Å². The van der Waals surface area contributed by atoms with Crippen molar-refractivity contribution in [2.75, 3.05) is 36.5 Å². The molecule has 2 aromatic rings. The van der Waals surface area contributed by atoms with Gasteiger partial charge in [0.2, 0.25) is 0 Å². The van der Waals surface area contributed by atoms with Crippen LogP contribution in [0.1, 0.15) is 56.5 Å². The van der Waals surface area contributed by atoms with Crippen LogP contribution >= 0.6 is 0 Å². The Morgan fingerprint density at radius 3 is 2.19 bits per heavy atom. The molecule has 1 aliphatic heterocycles. The number of morpholine rings is 1. The van der Waals surface area contributed by atoms with Gasteiger partial charge < -0.3 is 15.0 Å². The monoisotopic (exact) mass is 354 g/mol. The molecule has 26 heavy (non-hydrogen) atoms. The predicted octanol–water partition coefficient (Wildman–Crippen LogP) is 4.61. The van der Waals surface area contributed by atoms with Crippen molar-refractivity contribution in [3.8, 4) is 0 Å². The van der Waals surface area contributed by atoms with Crippen LogP contribution in [0.2, 0.25) is 0 Å².